The normalized spacial score (nSPS) is 18.4. The summed E-state index contributed by atoms with van der Waals surface area (Å²) < 4.78 is 32.7. The van der Waals surface area contributed by atoms with Crippen molar-refractivity contribution in [2.75, 3.05) is 18.8 Å². The molecular formula is C14H21BrN4O4S. The van der Waals surface area contributed by atoms with Crippen LogP contribution in [0.4, 0.5) is 10.6 Å². The quantitative estimate of drug-likeness (QED) is 0.764. The molecule has 0 aromatic carbocycles. The van der Waals surface area contributed by atoms with Crippen molar-refractivity contribution in [1.82, 2.24) is 14.6 Å². The molecule has 1 amide bonds. The SMILES string of the molecule is CC(C)(C)OC(=O)N(C1CCNC1)S(=O)(=O)c1cc(Br)cnc1N. The first-order valence-corrected chi connectivity index (χ1v) is 9.65. The molecule has 2 rings (SSSR count). The van der Waals surface area contributed by atoms with E-state index < -0.39 is 27.8 Å². The van der Waals surface area contributed by atoms with Crippen LogP contribution in [-0.2, 0) is 14.8 Å². The maximum atomic E-state index is 13.1. The number of aromatic nitrogens is 1. The average Bonchev–Trinajstić information content (AvgIpc) is 2.92. The van der Waals surface area contributed by atoms with Gasteiger partial charge in [0.05, 0.1) is 6.04 Å². The van der Waals surface area contributed by atoms with Gasteiger partial charge in [0.15, 0.2) is 0 Å². The highest BCUT2D eigenvalue weighted by atomic mass is 79.9. The monoisotopic (exact) mass is 420 g/mol. The second kappa shape index (κ2) is 6.85. The van der Waals surface area contributed by atoms with Crippen LogP contribution in [0.2, 0.25) is 0 Å². The van der Waals surface area contributed by atoms with E-state index in [1.54, 1.807) is 20.8 Å². The molecule has 1 saturated heterocycles. The molecule has 1 fully saturated rings. The fourth-order valence-corrected chi connectivity index (χ4v) is 4.43. The fourth-order valence-electron chi connectivity index (χ4n) is 2.33. The maximum absolute atomic E-state index is 13.1. The number of nitrogens with two attached hydrogens (primary N) is 1. The molecule has 0 bridgehead atoms. The van der Waals surface area contributed by atoms with Crippen molar-refractivity contribution in [3.63, 3.8) is 0 Å². The lowest BCUT2D eigenvalue weighted by Gasteiger charge is -2.30. The summed E-state index contributed by atoms with van der Waals surface area (Å²) in [5, 5.41) is 3.05. The van der Waals surface area contributed by atoms with Crippen molar-refractivity contribution in [2.45, 2.75) is 43.7 Å². The highest BCUT2D eigenvalue weighted by Gasteiger charge is 2.41. The molecule has 1 unspecified atom stereocenters. The Balaban J connectivity index is 2.49. The first kappa shape index (κ1) is 18.9. The van der Waals surface area contributed by atoms with Gasteiger partial charge in [-0.25, -0.2) is 18.2 Å². The third-order valence-electron chi connectivity index (χ3n) is 3.32. The number of amides is 1. The molecule has 134 valence electrons. The highest BCUT2D eigenvalue weighted by Crippen LogP contribution is 2.28. The van der Waals surface area contributed by atoms with E-state index in [9.17, 15) is 13.2 Å². The van der Waals surface area contributed by atoms with Crippen LogP contribution in [0.25, 0.3) is 0 Å². The molecule has 10 heteroatoms. The van der Waals surface area contributed by atoms with Crippen LogP contribution in [0, 0.1) is 0 Å². The molecule has 0 saturated carbocycles. The summed E-state index contributed by atoms with van der Waals surface area (Å²) in [4.78, 5) is 16.2. The summed E-state index contributed by atoms with van der Waals surface area (Å²) in [5.74, 6) is -0.169. The molecular weight excluding hydrogens is 400 g/mol. The molecule has 1 aromatic heterocycles. The number of halogens is 1. The number of carbonyl (C=O) groups excluding carboxylic acids is 1. The van der Waals surface area contributed by atoms with Crippen LogP contribution in [0.3, 0.4) is 0 Å². The van der Waals surface area contributed by atoms with Gasteiger partial charge < -0.3 is 15.8 Å². The Hall–Kier alpha value is -1.39. The zero-order chi connectivity index (χ0) is 18.1. The zero-order valence-corrected chi connectivity index (χ0v) is 16.1. The average molecular weight is 421 g/mol. The van der Waals surface area contributed by atoms with E-state index in [4.69, 9.17) is 10.5 Å². The second-order valence-electron chi connectivity index (χ2n) is 6.46. The van der Waals surface area contributed by atoms with Crippen LogP contribution in [0.5, 0.6) is 0 Å². The summed E-state index contributed by atoms with van der Waals surface area (Å²) in [6, 6.07) is 0.792. The third kappa shape index (κ3) is 4.17. The van der Waals surface area contributed by atoms with E-state index in [0.717, 1.165) is 4.31 Å². The molecule has 24 heavy (non-hydrogen) atoms. The molecule has 1 aromatic rings. The minimum Gasteiger partial charge on any atom is -0.443 e. The van der Waals surface area contributed by atoms with E-state index in [1.807, 2.05) is 0 Å². The second-order valence-corrected chi connectivity index (χ2v) is 9.16. The first-order valence-electron chi connectivity index (χ1n) is 7.41. The number of sulfonamides is 1. The molecule has 0 spiro atoms. The van der Waals surface area contributed by atoms with Crippen LogP contribution in [0.15, 0.2) is 21.6 Å². The molecule has 1 aliphatic heterocycles. The van der Waals surface area contributed by atoms with Crippen LogP contribution >= 0.6 is 15.9 Å². The third-order valence-corrected chi connectivity index (χ3v) is 5.61. The smallest absolute Gasteiger partial charge is 0.424 e. The lowest BCUT2D eigenvalue weighted by Crippen LogP contribution is -2.48. The van der Waals surface area contributed by atoms with Gasteiger partial charge in [0.1, 0.15) is 16.3 Å². The number of anilines is 1. The number of hydrogen-bond donors (Lipinski definition) is 2. The Bertz CT molecular complexity index is 727. The van der Waals surface area contributed by atoms with Gasteiger partial charge >= 0.3 is 6.09 Å². The Morgan fingerprint density at radius 1 is 1.50 bits per heavy atom. The van der Waals surface area contributed by atoms with E-state index in [2.05, 4.69) is 26.2 Å². The van der Waals surface area contributed by atoms with Crippen molar-refractivity contribution in [1.29, 1.82) is 0 Å². The van der Waals surface area contributed by atoms with Crippen LogP contribution in [-0.4, -0.2) is 48.5 Å². The number of nitrogens with one attached hydrogen (secondary N) is 1. The molecule has 2 heterocycles. The molecule has 8 nitrogen and oxygen atoms in total. The van der Waals surface area contributed by atoms with Crippen molar-refractivity contribution >= 4 is 37.9 Å². The van der Waals surface area contributed by atoms with Gasteiger partial charge in [-0.3, -0.25) is 0 Å². The maximum Gasteiger partial charge on any atom is 0.424 e. The van der Waals surface area contributed by atoms with E-state index in [-0.39, 0.29) is 10.7 Å². The van der Waals surface area contributed by atoms with E-state index in [0.29, 0.717) is 24.0 Å². The van der Waals surface area contributed by atoms with Crippen LogP contribution in [0.1, 0.15) is 27.2 Å². The topological polar surface area (TPSA) is 115 Å². The number of rotatable bonds is 3. The van der Waals surface area contributed by atoms with Crippen molar-refractivity contribution in [2.24, 2.45) is 0 Å². The summed E-state index contributed by atoms with van der Waals surface area (Å²) >= 11 is 3.18. The van der Waals surface area contributed by atoms with Gasteiger partial charge in [0.2, 0.25) is 0 Å². The zero-order valence-electron chi connectivity index (χ0n) is 13.7. The molecule has 1 atom stereocenters. The summed E-state index contributed by atoms with van der Waals surface area (Å²) in [7, 11) is -4.21. The molecule has 0 aliphatic carbocycles. The van der Waals surface area contributed by atoms with Gasteiger partial charge in [-0.05, 0) is 55.7 Å². The number of nitrogens with zero attached hydrogens (tertiary/aromatic N) is 2. The number of pyridine rings is 1. The van der Waals surface area contributed by atoms with Crippen LogP contribution < -0.4 is 11.1 Å². The Kier molecular flexibility index (Phi) is 5.41. The number of carbonyl (C=O) groups is 1. The Morgan fingerprint density at radius 3 is 2.71 bits per heavy atom. The standard InChI is InChI=1S/C14H21BrN4O4S/c1-14(2,3)23-13(20)19(10-4-5-17-8-10)24(21,22)11-6-9(15)7-18-12(11)16/h6-7,10,17H,4-5,8H2,1-3H3,(H2,16,18). The predicted molar refractivity (Wildman–Crippen MR) is 92.9 cm³/mol. The highest BCUT2D eigenvalue weighted by molar-refractivity contribution is 9.10. The van der Waals surface area contributed by atoms with Gasteiger partial charge in [0, 0.05) is 17.2 Å². The number of hydrogen-bond acceptors (Lipinski definition) is 7. The fraction of sp³-hybridized carbons (Fsp3) is 0.571. The predicted octanol–water partition coefficient (Wildman–Crippen LogP) is 1.71. The first-order chi connectivity index (χ1) is 11.0. The van der Waals surface area contributed by atoms with Gasteiger partial charge in [-0.2, -0.15) is 4.31 Å². The molecule has 1 aliphatic rings. The van der Waals surface area contributed by atoms with Crippen molar-refractivity contribution < 1.29 is 17.9 Å². The summed E-state index contributed by atoms with van der Waals surface area (Å²) in [5.41, 5.74) is 4.91. The molecule has 0 radical (unpaired) electrons. The van der Waals surface area contributed by atoms with Crippen molar-refractivity contribution in [3.8, 4) is 0 Å². The molecule has 3 N–H and O–H groups in total. The van der Waals surface area contributed by atoms with Gasteiger partial charge in [-0.15, -0.1) is 0 Å². The number of ether oxygens (including phenoxy) is 1. The lowest BCUT2D eigenvalue weighted by atomic mass is 10.2. The summed E-state index contributed by atoms with van der Waals surface area (Å²) in [6.45, 7) is 6.01. The minimum absolute atomic E-state index is 0.169. The largest absolute Gasteiger partial charge is 0.443 e. The summed E-state index contributed by atoms with van der Waals surface area (Å²) in [6.07, 6.45) is 0.971. The Morgan fingerprint density at radius 2 is 2.17 bits per heavy atom. The van der Waals surface area contributed by atoms with Gasteiger partial charge in [-0.1, -0.05) is 0 Å². The minimum atomic E-state index is -4.21. The lowest BCUT2D eigenvalue weighted by molar-refractivity contribution is 0.0348. The van der Waals surface area contributed by atoms with E-state index in [1.165, 1.54) is 12.3 Å². The number of nitrogen functional groups attached to an aromatic ring is 1. The van der Waals surface area contributed by atoms with E-state index >= 15 is 0 Å². The van der Waals surface area contributed by atoms with Crippen molar-refractivity contribution in [3.05, 3.63) is 16.7 Å². The van der Waals surface area contributed by atoms with Gasteiger partial charge in [0.25, 0.3) is 10.0 Å². The Labute approximate surface area is 149 Å².